The highest BCUT2D eigenvalue weighted by Crippen LogP contribution is 2.46. The summed E-state index contributed by atoms with van der Waals surface area (Å²) < 4.78 is 22.6. The van der Waals surface area contributed by atoms with Gasteiger partial charge in [-0.1, -0.05) is 0 Å². The molecule has 0 bridgehead atoms. The van der Waals surface area contributed by atoms with Gasteiger partial charge in [0.15, 0.2) is 11.6 Å². The molecule has 3 aliphatic rings. The number of anilines is 1. The lowest BCUT2D eigenvalue weighted by Gasteiger charge is -2.26. The Morgan fingerprint density at radius 2 is 2.10 bits per heavy atom. The van der Waals surface area contributed by atoms with Crippen LogP contribution in [0.4, 0.5) is 10.1 Å². The van der Waals surface area contributed by atoms with E-state index in [0.717, 1.165) is 25.7 Å². The average Bonchev–Trinajstić information content (AvgIpc) is 3.38. The van der Waals surface area contributed by atoms with Crippen molar-refractivity contribution in [3.05, 3.63) is 32.7 Å². The summed E-state index contributed by atoms with van der Waals surface area (Å²) in [6.07, 6.45) is 4.28. The number of ether oxygens (including phenoxy) is 1. The molecule has 9 heteroatoms. The lowest BCUT2D eigenvalue weighted by Crippen LogP contribution is -2.36. The smallest absolute Gasteiger partial charge is 0.329 e. The molecular weight excluding hydrogens is 401 g/mol. The number of H-pyrrole nitrogens is 1. The zero-order chi connectivity index (χ0) is 21.7. The molecule has 0 radical (unpaired) electrons. The number of hydrogen-bond acceptors (Lipinski definition) is 6. The number of nitrogens with zero attached hydrogens (tertiary/aromatic N) is 3. The number of nitrogens with one attached hydrogen (secondary N) is 2. The average molecular weight is 427 g/mol. The summed E-state index contributed by atoms with van der Waals surface area (Å²) in [7, 11) is 1.46. The second kappa shape index (κ2) is 7.68. The van der Waals surface area contributed by atoms with Gasteiger partial charge < -0.3 is 15.0 Å². The standard InChI is InChI=1S/C22H26FN5O3/c1-31-20-18-14(21(29)26-22(30)28(18)13-4-5-13)9-16(23)19(20)27-10-12-3-6-17(15(12)11-27)25-8-2-7-24/h9,12-13,15,17,25H,2-6,8,10-11H2,1H3,(H,26,29,30). The van der Waals surface area contributed by atoms with E-state index in [1.165, 1.54) is 13.2 Å². The predicted molar refractivity (Wildman–Crippen MR) is 114 cm³/mol. The summed E-state index contributed by atoms with van der Waals surface area (Å²) in [4.78, 5) is 29.3. The summed E-state index contributed by atoms with van der Waals surface area (Å²) >= 11 is 0. The molecule has 0 spiro atoms. The third-order valence-electron chi connectivity index (χ3n) is 7.04. The monoisotopic (exact) mass is 427 g/mol. The lowest BCUT2D eigenvalue weighted by atomic mass is 9.98. The van der Waals surface area contributed by atoms with Gasteiger partial charge in [0, 0.05) is 38.1 Å². The maximum atomic E-state index is 15.4. The first-order valence-corrected chi connectivity index (χ1v) is 10.9. The zero-order valence-electron chi connectivity index (χ0n) is 17.5. The van der Waals surface area contributed by atoms with Crippen LogP contribution in [0.1, 0.15) is 38.1 Å². The third-order valence-corrected chi connectivity index (χ3v) is 7.04. The number of methoxy groups -OCH3 is 1. The highest BCUT2D eigenvalue weighted by atomic mass is 19.1. The molecule has 2 aromatic rings. The van der Waals surface area contributed by atoms with E-state index < -0.39 is 17.1 Å². The number of benzene rings is 1. The molecule has 1 aromatic heterocycles. The molecule has 8 nitrogen and oxygen atoms in total. The molecule has 1 aromatic carbocycles. The molecule has 3 atom stereocenters. The topological polar surface area (TPSA) is 103 Å². The van der Waals surface area contributed by atoms with Crippen molar-refractivity contribution < 1.29 is 9.13 Å². The van der Waals surface area contributed by atoms with Crippen LogP contribution < -0.4 is 26.2 Å². The second-order valence-corrected chi connectivity index (χ2v) is 8.87. The molecule has 1 aliphatic heterocycles. The van der Waals surface area contributed by atoms with E-state index >= 15 is 4.39 Å². The quantitative estimate of drug-likeness (QED) is 0.683. The van der Waals surface area contributed by atoms with Crippen molar-refractivity contribution in [2.24, 2.45) is 11.8 Å². The lowest BCUT2D eigenvalue weighted by molar-refractivity contribution is 0.393. The van der Waals surface area contributed by atoms with E-state index in [-0.39, 0.29) is 17.2 Å². The van der Waals surface area contributed by atoms with Gasteiger partial charge >= 0.3 is 5.69 Å². The minimum atomic E-state index is -0.597. The number of hydrogen-bond donors (Lipinski definition) is 2. The van der Waals surface area contributed by atoms with Crippen LogP contribution in [-0.2, 0) is 0 Å². The molecule has 0 amide bonds. The fourth-order valence-corrected chi connectivity index (χ4v) is 5.53. The van der Waals surface area contributed by atoms with Gasteiger partial charge in [-0.15, -0.1) is 0 Å². The van der Waals surface area contributed by atoms with Crippen molar-refractivity contribution in [1.82, 2.24) is 14.9 Å². The Bertz CT molecular complexity index is 1180. The molecule has 2 aliphatic carbocycles. The molecule has 5 rings (SSSR count). The van der Waals surface area contributed by atoms with E-state index in [0.29, 0.717) is 55.1 Å². The fraction of sp³-hybridized carbons (Fsp3) is 0.591. The summed E-state index contributed by atoms with van der Waals surface area (Å²) in [6.45, 7) is 2.04. The zero-order valence-corrected chi connectivity index (χ0v) is 17.5. The first-order valence-electron chi connectivity index (χ1n) is 10.9. The summed E-state index contributed by atoms with van der Waals surface area (Å²) in [5.41, 5.74) is -0.355. The molecule has 3 unspecified atom stereocenters. The SMILES string of the molecule is COc1c(N2CC3CCC(NCCC#N)C3C2)c(F)cc2c(=O)[nH]c(=O)n(C3CC3)c12. The Hall–Kier alpha value is -2.86. The Balaban J connectivity index is 1.56. The van der Waals surface area contributed by atoms with Crippen molar-refractivity contribution in [1.29, 1.82) is 5.26 Å². The van der Waals surface area contributed by atoms with Gasteiger partial charge in [0.25, 0.3) is 5.56 Å². The summed E-state index contributed by atoms with van der Waals surface area (Å²) in [6, 6.07) is 3.71. The van der Waals surface area contributed by atoms with E-state index in [1.54, 1.807) is 4.57 Å². The fourth-order valence-electron chi connectivity index (χ4n) is 5.53. The minimum absolute atomic E-state index is 0.00531. The van der Waals surface area contributed by atoms with E-state index in [2.05, 4.69) is 16.4 Å². The van der Waals surface area contributed by atoms with Crippen LogP contribution in [0.3, 0.4) is 0 Å². The number of nitriles is 1. The summed E-state index contributed by atoms with van der Waals surface area (Å²) in [5.74, 6) is 0.552. The van der Waals surface area contributed by atoms with Gasteiger partial charge in [-0.25, -0.2) is 9.18 Å². The molecule has 1 saturated heterocycles. The first kappa shape index (κ1) is 20.1. The number of aromatic nitrogens is 2. The Morgan fingerprint density at radius 3 is 2.81 bits per heavy atom. The Morgan fingerprint density at radius 1 is 1.29 bits per heavy atom. The Labute approximate surface area is 178 Å². The van der Waals surface area contributed by atoms with Gasteiger partial charge in [0.1, 0.15) is 11.2 Å². The number of halogens is 1. The van der Waals surface area contributed by atoms with Crippen LogP contribution in [0.15, 0.2) is 15.7 Å². The van der Waals surface area contributed by atoms with E-state index in [1.807, 2.05) is 4.90 Å². The molecule has 2 heterocycles. The third kappa shape index (κ3) is 3.30. The van der Waals surface area contributed by atoms with Crippen molar-refractivity contribution in [2.75, 3.05) is 31.6 Å². The highest BCUT2D eigenvalue weighted by molar-refractivity contribution is 5.91. The maximum Gasteiger partial charge on any atom is 0.329 e. The van der Waals surface area contributed by atoms with Gasteiger partial charge in [0.2, 0.25) is 0 Å². The van der Waals surface area contributed by atoms with Crippen LogP contribution >= 0.6 is 0 Å². The predicted octanol–water partition coefficient (Wildman–Crippen LogP) is 1.89. The summed E-state index contributed by atoms with van der Waals surface area (Å²) in [5, 5.41) is 12.4. The van der Waals surface area contributed by atoms with Gasteiger partial charge in [-0.3, -0.25) is 14.3 Å². The molecule has 2 saturated carbocycles. The number of fused-ring (bicyclic) bond motifs is 2. The van der Waals surface area contributed by atoms with E-state index in [4.69, 9.17) is 10.00 Å². The van der Waals surface area contributed by atoms with Crippen molar-refractivity contribution >= 4 is 16.6 Å². The van der Waals surface area contributed by atoms with Crippen molar-refractivity contribution in [3.8, 4) is 11.8 Å². The van der Waals surface area contributed by atoms with Crippen LogP contribution in [0.2, 0.25) is 0 Å². The van der Waals surface area contributed by atoms with Crippen LogP contribution in [0.25, 0.3) is 10.9 Å². The second-order valence-electron chi connectivity index (χ2n) is 8.87. The number of aromatic amines is 1. The minimum Gasteiger partial charge on any atom is -0.492 e. The molecule has 3 fully saturated rings. The van der Waals surface area contributed by atoms with Crippen molar-refractivity contribution in [2.45, 2.75) is 44.2 Å². The highest BCUT2D eigenvalue weighted by Gasteiger charge is 2.44. The Kier molecular flexibility index (Phi) is 4.97. The first-order chi connectivity index (χ1) is 15.0. The van der Waals surface area contributed by atoms with E-state index in [9.17, 15) is 9.59 Å². The maximum absolute atomic E-state index is 15.4. The molecular formula is C22H26FN5O3. The van der Waals surface area contributed by atoms with Gasteiger partial charge in [-0.2, -0.15) is 5.26 Å². The van der Waals surface area contributed by atoms with Gasteiger partial charge in [0.05, 0.1) is 18.6 Å². The molecule has 2 N–H and O–H groups in total. The normalized spacial score (nSPS) is 25.1. The molecule has 31 heavy (non-hydrogen) atoms. The van der Waals surface area contributed by atoms with Crippen molar-refractivity contribution in [3.63, 3.8) is 0 Å². The number of rotatable bonds is 6. The van der Waals surface area contributed by atoms with Crippen LogP contribution in [-0.4, -0.2) is 42.3 Å². The van der Waals surface area contributed by atoms with Crippen LogP contribution in [0.5, 0.6) is 5.75 Å². The largest absolute Gasteiger partial charge is 0.492 e. The van der Waals surface area contributed by atoms with Crippen LogP contribution in [0, 0.1) is 29.0 Å². The molecule has 164 valence electrons. The van der Waals surface area contributed by atoms with Gasteiger partial charge in [-0.05, 0) is 43.6 Å².